The molecule has 2 saturated heterocycles. The van der Waals surface area contributed by atoms with Gasteiger partial charge in [-0.25, -0.2) is 13.6 Å². The number of carbonyl (C=O) groups excluding carboxylic acids is 1. The van der Waals surface area contributed by atoms with Gasteiger partial charge in [0.15, 0.2) is 5.75 Å². The molecule has 4 heterocycles. The molecule has 0 spiro atoms. The summed E-state index contributed by atoms with van der Waals surface area (Å²) in [5.74, 6) is -0.938. The zero-order valence-corrected chi connectivity index (χ0v) is 24.4. The quantitative estimate of drug-likeness (QED) is 0.417. The molecule has 0 radical (unpaired) electrons. The fraction of sp³-hybridized carbons (Fsp3) is 0.433. The third-order valence-electron chi connectivity index (χ3n) is 8.53. The molecule has 0 N–H and O–H groups in total. The Morgan fingerprint density at radius 1 is 1.17 bits per heavy atom. The van der Waals surface area contributed by atoms with E-state index in [1.807, 2.05) is 11.8 Å². The van der Waals surface area contributed by atoms with E-state index in [-0.39, 0.29) is 46.5 Å². The van der Waals surface area contributed by atoms with E-state index in [9.17, 15) is 14.0 Å². The molecule has 1 amide bonds. The van der Waals surface area contributed by atoms with Gasteiger partial charge in [0, 0.05) is 81.0 Å². The van der Waals surface area contributed by atoms with Crippen molar-refractivity contribution < 1.29 is 18.3 Å². The summed E-state index contributed by atoms with van der Waals surface area (Å²) in [7, 11) is 2.09. The third-order valence-corrected chi connectivity index (χ3v) is 8.83. The number of anilines is 1. The topological polar surface area (TPSA) is 74.1 Å². The number of aromatic nitrogens is 2. The number of likely N-dealkylation sites (N-methyl/N-ethyl adjacent to an activating group) is 1. The van der Waals surface area contributed by atoms with Gasteiger partial charge in [0.05, 0.1) is 16.6 Å². The first-order chi connectivity index (χ1) is 20.2. The van der Waals surface area contributed by atoms with E-state index >= 15 is 4.39 Å². The molecule has 12 heteroatoms. The Kier molecular flexibility index (Phi) is 7.67. The van der Waals surface area contributed by atoms with E-state index < -0.39 is 17.3 Å². The monoisotopic (exact) mass is 598 g/mol. The molecular formula is C30H33ClF2N6O3. The number of halogens is 3. The highest BCUT2D eigenvalue weighted by atomic mass is 35.5. The number of rotatable bonds is 5. The van der Waals surface area contributed by atoms with Crippen LogP contribution >= 0.6 is 11.6 Å². The van der Waals surface area contributed by atoms with Crippen LogP contribution in [0.5, 0.6) is 5.75 Å². The predicted octanol–water partition coefficient (Wildman–Crippen LogP) is 3.40. The highest BCUT2D eigenvalue weighted by Crippen LogP contribution is 2.47. The van der Waals surface area contributed by atoms with Crippen molar-refractivity contribution in [2.24, 2.45) is 0 Å². The van der Waals surface area contributed by atoms with Crippen molar-refractivity contribution in [2.75, 3.05) is 70.9 Å². The lowest BCUT2D eigenvalue weighted by Crippen LogP contribution is -2.54. The predicted molar refractivity (Wildman–Crippen MR) is 158 cm³/mol. The Morgan fingerprint density at radius 2 is 1.93 bits per heavy atom. The summed E-state index contributed by atoms with van der Waals surface area (Å²) >= 11 is 6.84. The number of nitrogens with zero attached hydrogens (tertiary/aromatic N) is 6. The van der Waals surface area contributed by atoms with Crippen LogP contribution in [0, 0.1) is 11.6 Å². The molecule has 6 rings (SSSR count). The summed E-state index contributed by atoms with van der Waals surface area (Å²) in [5.41, 5.74) is 0.388. The minimum atomic E-state index is -0.782. The number of piperazine rings is 2. The molecular weight excluding hydrogens is 566 g/mol. The second-order valence-electron chi connectivity index (χ2n) is 11.3. The molecule has 2 fully saturated rings. The molecule has 9 nitrogen and oxygen atoms in total. The average molecular weight is 599 g/mol. The zero-order chi connectivity index (χ0) is 29.7. The van der Waals surface area contributed by atoms with Gasteiger partial charge in [0.25, 0.3) is 0 Å². The number of carbonyl (C=O) groups is 1. The molecule has 1 aromatic heterocycles. The van der Waals surface area contributed by atoms with Gasteiger partial charge in [-0.1, -0.05) is 18.2 Å². The number of amides is 1. The molecule has 0 aliphatic carbocycles. The minimum Gasteiger partial charge on any atom is -0.488 e. The summed E-state index contributed by atoms with van der Waals surface area (Å²) in [6, 6.07) is 4.50. The first-order valence-corrected chi connectivity index (χ1v) is 14.5. The van der Waals surface area contributed by atoms with Crippen molar-refractivity contribution in [1.29, 1.82) is 0 Å². The van der Waals surface area contributed by atoms with Crippen molar-refractivity contribution in [3.8, 4) is 16.9 Å². The lowest BCUT2D eigenvalue weighted by atomic mass is 9.99. The molecule has 0 bridgehead atoms. The van der Waals surface area contributed by atoms with Gasteiger partial charge < -0.3 is 19.4 Å². The van der Waals surface area contributed by atoms with Crippen LogP contribution < -0.4 is 15.3 Å². The first-order valence-electron chi connectivity index (χ1n) is 14.1. The lowest BCUT2D eigenvalue weighted by molar-refractivity contribution is -0.126. The fourth-order valence-corrected chi connectivity index (χ4v) is 6.58. The summed E-state index contributed by atoms with van der Waals surface area (Å²) in [5, 5.41) is 0.793. The van der Waals surface area contributed by atoms with Crippen molar-refractivity contribution >= 4 is 34.2 Å². The Labute approximate surface area is 247 Å². The Balaban J connectivity index is 1.51. The number of hydrogen-bond acceptors (Lipinski definition) is 7. The first kappa shape index (κ1) is 28.6. The maximum atomic E-state index is 15.1. The summed E-state index contributed by atoms with van der Waals surface area (Å²) in [4.78, 5) is 39.0. The van der Waals surface area contributed by atoms with Crippen LogP contribution in [0.1, 0.15) is 13.0 Å². The third kappa shape index (κ3) is 5.03. The van der Waals surface area contributed by atoms with Gasteiger partial charge in [0.2, 0.25) is 5.91 Å². The van der Waals surface area contributed by atoms with Crippen LogP contribution in [-0.2, 0) is 4.79 Å². The van der Waals surface area contributed by atoms with Gasteiger partial charge in [-0.2, -0.15) is 4.98 Å². The maximum absolute atomic E-state index is 15.1. The van der Waals surface area contributed by atoms with Gasteiger partial charge in [-0.05, 0) is 38.2 Å². The van der Waals surface area contributed by atoms with E-state index in [0.29, 0.717) is 42.9 Å². The Morgan fingerprint density at radius 3 is 2.62 bits per heavy atom. The highest BCUT2D eigenvalue weighted by Gasteiger charge is 2.35. The second-order valence-corrected chi connectivity index (χ2v) is 11.7. The second kappa shape index (κ2) is 11.3. The van der Waals surface area contributed by atoms with Gasteiger partial charge in [-0.3, -0.25) is 14.3 Å². The Hall–Kier alpha value is -3.54. The largest absolute Gasteiger partial charge is 0.488 e. The fourth-order valence-electron chi connectivity index (χ4n) is 6.29. The SMILES string of the molecule is C=CC(=O)N1CCN(c2nc(=O)n3c4c(c(-c5ccc(F)cc5F)c(Cl)cc24)OCC3CN2CCN(C)CC2)[C@@H](C)C1. The number of hydrogen-bond donors (Lipinski definition) is 0. The van der Waals surface area contributed by atoms with Crippen LogP contribution in [-0.4, -0.2) is 102 Å². The van der Waals surface area contributed by atoms with Crippen molar-refractivity contribution in [3.63, 3.8) is 0 Å². The van der Waals surface area contributed by atoms with Gasteiger partial charge in [-0.15, -0.1) is 0 Å². The Bertz CT molecular complexity index is 1620. The van der Waals surface area contributed by atoms with Crippen molar-refractivity contribution in [1.82, 2.24) is 24.3 Å². The molecule has 3 aliphatic heterocycles. The van der Waals surface area contributed by atoms with Gasteiger partial charge in [0.1, 0.15) is 24.1 Å². The highest BCUT2D eigenvalue weighted by molar-refractivity contribution is 6.35. The molecule has 3 aromatic rings. The molecule has 42 heavy (non-hydrogen) atoms. The van der Waals surface area contributed by atoms with E-state index in [1.165, 1.54) is 18.2 Å². The molecule has 222 valence electrons. The van der Waals surface area contributed by atoms with Crippen LogP contribution in [0.25, 0.3) is 22.0 Å². The summed E-state index contributed by atoms with van der Waals surface area (Å²) in [6.45, 7) is 11.2. The zero-order valence-electron chi connectivity index (χ0n) is 23.7. The normalized spacial score (nSPS) is 21.5. The van der Waals surface area contributed by atoms with Gasteiger partial charge >= 0.3 is 5.69 Å². The molecule has 0 saturated carbocycles. The van der Waals surface area contributed by atoms with Crippen molar-refractivity contribution in [3.05, 3.63) is 64.1 Å². The molecule has 3 aliphatic rings. The van der Waals surface area contributed by atoms with Crippen LogP contribution in [0.15, 0.2) is 41.7 Å². The maximum Gasteiger partial charge on any atom is 0.350 e. The minimum absolute atomic E-state index is 0.0816. The van der Waals surface area contributed by atoms with E-state index in [2.05, 4.69) is 28.4 Å². The smallest absolute Gasteiger partial charge is 0.350 e. The standard InChI is InChI=1S/C30H33ClF2N6O3/c1-4-25(40)37-11-12-38(18(2)15-37)29-22-14-23(31)26(21-6-5-19(32)13-24(21)33)28-27(22)39(30(41)34-29)20(17-42-28)16-36-9-7-35(3)8-10-36/h4-6,13-14,18,20H,1,7-12,15-17H2,2-3H3/t18-,20?/m0/s1. The van der Waals surface area contributed by atoms with E-state index in [1.54, 1.807) is 15.5 Å². The molecule has 2 atom stereocenters. The average Bonchev–Trinajstić information content (AvgIpc) is 2.96. The van der Waals surface area contributed by atoms with Crippen LogP contribution in [0.2, 0.25) is 5.02 Å². The van der Waals surface area contributed by atoms with Crippen LogP contribution in [0.3, 0.4) is 0 Å². The van der Waals surface area contributed by atoms with Crippen LogP contribution in [0.4, 0.5) is 14.6 Å². The summed E-state index contributed by atoms with van der Waals surface area (Å²) in [6.07, 6.45) is 1.29. The molecule has 1 unspecified atom stereocenters. The van der Waals surface area contributed by atoms with E-state index in [4.69, 9.17) is 16.3 Å². The van der Waals surface area contributed by atoms with E-state index in [0.717, 1.165) is 32.2 Å². The number of ether oxygens (including phenoxy) is 1. The summed E-state index contributed by atoms with van der Waals surface area (Å²) < 4.78 is 36.9. The number of benzene rings is 2. The van der Waals surface area contributed by atoms with Crippen molar-refractivity contribution in [2.45, 2.75) is 19.0 Å². The lowest BCUT2D eigenvalue weighted by Gasteiger charge is -2.41. The molecule has 2 aromatic carbocycles.